The molecule has 0 aliphatic rings. The van der Waals surface area contributed by atoms with Crippen LogP contribution in [0.3, 0.4) is 0 Å². The predicted octanol–water partition coefficient (Wildman–Crippen LogP) is 23.2. The molecule has 1 atom stereocenters. The van der Waals surface area contributed by atoms with Crippen molar-refractivity contribution in [3.8, 4) is 0 Å². The molecule has 0 heterocycles. The molecule has 0 spiro atoms. The van der Waals surface area contributed by atoms with Crippen molar-refractivity contribution < 1.29 is 28.6 Å². The van der Waals surface area contributed by atoms with Crippen LogP contribution in [0.4, 0.5) is 0 Å². The van der Waals surface area contributed by atoms with E-state index in [1.807, 2.05) is 0 Å². The largest absolute Gasteiger partial charge is 0.462 e. The summed E-state index contributed by atoms with van der Waals surface area (Å²) in [5, 5.41) is 0. The zero-order valence-corrected chi connectivity index (χ0v) is 52.1. The highest BCUT2D eigenvalue weighted by atomic mass is 16.6. The van der Waals surface area contributed by atoms with Gasteiger partial charge in [-0.05, 0) is 103 Å². The molecule has 0 aromatic rings. The lowest BCUT2D eigenvalue weighted by atomic mass is 10.0. The van der Waals surface area contributed by atoms with Crippen molar-refractivity contribution in [3.63, 3.8) is 0 Å². The van der Waals surface area contributed by atoms with Gasteiger partial charge in [0.05, 0.1) is 0 Å². The number of hydrogen-bond donors (Lipinski definition) is 0. The second kappa shape index (κ2) is 66.8. The van der Waals surface area contributed by atoms with Crippen molar-refractivity contribution >= 4 is 17.9 Å². The average Bonchev–Trinajstić information content (AvgIpc) is 3.45. The smallest absolute Gasteiger partial charge is 0.306 e. The molecule has 0 aromatic heterocycles. The molecule has 0 rings (SSSR count). The number of unbranched alkanes of at least 4 members (excludes halogenated alkanes) is 34. The molecular weight excluding hydrogens is 973 g/mol. The van der Waals surface area contributed by atoms with E-state index in [1.54, 1.807) is 0 Å². The first-order chi connectivity index (χ1) is 39.0. The van der Waals surface area contributed by atoms with Gasteiger partial charge in [0, 0.05) is 19.3 Å². The molecule has 6 nitrogen and oxygen atoms in total. The summed E-state index contributed by atoms with van der Waals surface area (Å²) in [6.07, 6.45) is 90.1. The molecule has 0 bridgehead atoms. The number of carbonyl (C=O) groups is 3. The summed E-state index contributed by atoms with van der Waals surface area (Å²) in [5.41, 5.74) is 0. The third kappa shape index (κ3) is 65.0. The van der Waals surface area contributed by atoms with Crippen LogP contribution in [-0.4, -0.2) is 37.2 Å². The molecule has 0 amide bonds. The first-order valence-electron chi connectivity index (χ1n) is 33.7. The Morgan fingerprint density at radius 2 is 0.494 bits per heavy atom. The van der Waals surface area contributed by atoms with Gasteiger partial charge in [-0.2, -0.15) is 0 Å². The molecular formula is C73H126O6. The fourth-order valence-electron chi connectivity index (χ4n) is 9.54. The minimum absolute atomic E-state index is 0.0748. The second-order valence-corrected chi connectivity index (χ2v) is 22.4. The van der Waals surface area contributed by atoms with E-state index in [2.05, 4.69) is 118 Å². The maximum absolute atomic E-state index is 12.9. The van der Waals surface area contributed by atoms with Crippen molar-refractivity contribution in [2.24, 2.45) is 0 Å². The molecule has 0 fully saturated rings. The minimum atomic E-state index is -0.777. The van der Waals surface area contributed by atoms with Crippen molar-refractivity contribution in [1.29, 1.82) is 0 Å². The Morgan fingerprint density at radius 1 is 0.266 bits per heavy atom. The van der Waals surface area contributed by atoms with E-state index in [4.69, 9.17) is 14.2 Å². The van der Waals surface area contributed by atoms with Crippen molar-refractivity contribution in [2.45, 2.75) is 335 Å². The predicted molar refractivity (Wildman–Crippen MR) is 344 cm³/mol. The lowest BCUT2D eigenvalue weighted by Crippen LogP contribution is -2.30. The van der Waals surface area contributed by atoms with Gasteiger partial charge in [0.1, 0.15) is 13.2 Å². The van der Waals surface area contributed by atoms with Crippen LogP contribution in [0.5, 0.6) is 0 Å². The van der Waals surface area contributed by atoms with Crippen LogP contribution in [0.15, 0.2) is 97.2 Å². The summed E-state index contributed by atoms with van der Waals surface area (Å²) in [4.78, 5) is 38.2. The molecule has 0 saturated heterocycles. The maximum Gasteiger partial charge on any atom is 0.306 e. The topological polar surface area (TPSA) is 78.9 Å². The molecule has 0 aliphatic carbocycles. The molecule has 0 aliphatic heterocycles. The minimum Gasteiger partial charge on any atom is -0.462 e. The summed E-state index contributed by atoms with van der Waals surface area (Å²) in [6.45, 7) is 6.53. The monoisotopic (exact) mass is 1100 g/mol. The highest BCUT2D eigenvalue weighted by molar-refractivity contribution is 5.71. The molecule has 0 saturated carbocycles. The van der Waals surface area contributed by atoms with Gasteiger partial charge < -0.3 is 14.2 Å². The Hall–Kier alpha value is -3.67. The Balaban J connectivity index is 4.10. The van der Waals surface area contributed by atoms with Crippen LogP contribution < -0.4 is 0 Å². The van der Waals surface area contributed by atoms with Gasteiger partial charge in [-0.3, -0.25) is 14.4 Å². The third-order valence-electron chi connectivity index (χ3n) is 14.6. The van der Waals surface area contributed by atoms with Gasteiger partial charge in [0.15, 0.2) is 6.10 Å². The van der Waals surface area contributed by atoms with Crippen molar-refractivity contribution in [1.82, 2.24) is 0 Å². The van der Waals surface area contributed by atoms with Crippen LogP contribution >= 0.6 is 0 Å². The van der Waals surface area contributed by atoms with Gasteiger partial charge in [0.25, 0.3) is 0 Å². The number of allylic oxidation sites excluding steroid dienone is 16. The Bertz CT molecular complexity index is 1540. The van der Waals surface area contributed by atoms with Gasteiger partial charge in [0.2, 0.25) is 0 Å². The Kier molecular flexibility index (Phi) is 63.7. The fourth-order valence-corrected chi connectivity index (χ4v) is 9.54. The number of carbonyl (C=O) groups excluding carboxylic acids is 3. The summed E-state index contributed by atoms with van der Waals surface area (Å²) >= 11 is 0. The number of hydrogen-bond acceptors (Lipinski definition) is 6. The number of esters is 3. The number of ether oxygens (including phenoxy) is 3. The van der Waals surface area contributed by atoms with Crippen LogP contribution in [0.2, 0.25) is 0 Å². The second-order valence-electron chi connectivity index (χ2n) is 22.4. The molecule has 1 unspecified atom stereocenters. The van der Waals surface area contributed by atoms with E-state index >= 15 is 0 Å². The summed E-state index contributed by atoms with van der Waals surface area (Å²) in [5.74, 6) is -0.871. The molecule has 0 radical (unpaired) electrons. The van der Waals surface area contributed by atoms with Gasteiger partial charge in [-0.1, -0.05) is 304 Å². The van der Waals surface area contributed by atoms with Gasteiger partial charge in [-0.15, -0.1) is 0 Å². The lowest BCUT2D eigenvalue weighted by Gasteiger charge is -2.18. The van der Waals surface area contributed by atoms with Crippen LogP contribution in [0, 0.1) is 0 Å². The maximum atomic E-state index is 12.9. The zero-order chi connectivity index (χ0) is 57.1. The first-order valence-corrected chi connectivity index (χ1v) is 33.7. The SMILES string of the molecule is CC/C=C\C/C=C\C/C=C\C/C=C\C/C=C\C/C=C\C/C=C\CCCCCCCCCCCCCCCC(=O)OCC(COC(=O)CCCCCCCCCCC)OC(=O)CCCCCCCCC/C=C\CCCCCCCC. The van der Waals surface area contributed by atoms with Gasteiger partial charge >= 0.3 is 17.9 Å². The van der Waals surface area contributed by atoms with E-state index in [0.717, 1.165) is 103 Å². The highest BCUT2D eigenvalue weighted by Gasteiger charge is 2.19. The number of rotatable bonds is 61. The molecule has 79 heavy (non-hydrogen) atoms. The molecule has 0 aromatic carbocycles. The zero-order valence-electron chi connectivity index (χ0n) is 52.1. The van der Waals surface area contributed by atoms with E-state index in [0.29, 0.717) is 19.3 Å². The van der Waals surface area contributed by atoms with E-state index in [9.17, 15) is 14.4 Å². The molecule has 6 heteroatoms. The quantitative estimate of drug-likeness (QED) is 0.0261. The van der Waals surface area contributed by atoms with E-state index in [1.165, 1.54) is 186 Å². The fraction of sp³-hybridized carbons (Fsp3) is 0.740. The third-order valence-corrected chi connectivity index (χ3v) is 14.6. The van der Waals surface area contributed by atoms with Gasteiger partial charge in [-0.25, -0.2) is 0 Å². The normalized spacial score (nSPS) is 12.7. The van der Waals surface area contributed by atoms with E-state index in [-0.39, 0.29) is 31.1 Å². The van der Waals surface area contributed by atoms with E-state index < -0.39 is 6.10 Å². The first kappa shape index (κ1) is 75.3. The standard InChI is InChI=1S/C73H126O6/c1-4-7-10-13-16-19-21-23-25-27-28-29-30-31-32-33-34-35-36-37-38-39-40-41-42-43-44-46-47-49-51-54-57-60-63-66-72(75)78-69-70(68-77-71(74)65-62-59-56-53-18-15-12-9-6-3)79-73(76)67-64-61-58-55-52-50-48-45-26-24-22-20-17-14-11-8-5-2/h7,10,16,19,23-26,28-29,31-32,34-35,37-38,70H,4-6,8-9,11-15,17-18,20-22,27,30,33,36,39-69H2,1-3H3/b10-7-,19-16-,25-23-,26-24-,29-28-,32-31-,35-34-,38-37-. The molecule has 454 valence electrons. The van der Waals surface area contributed by atoms with Crippen molar-refractivity contribution in [2.75, 3.05) is 13.2 Å². The molecule has 0 N–H and O–H groups in total. The average molecular weight is 1100 g/mol. The Morgan fingerprint density at radius 3 is 0.785 bits per heavy atom. The summed E-state index contributed by atoms with van der Waals surface area (Å²) < 4.78 is 16.9. The Labute approximate surface area is 489 Å². The summed E-state index contributed by atoms with van der Waals surface area (Å²) in [6, 6.07) is 0. The van der Waals surface area contributed by atoms with Crippen LogP contribution in [0.1, 0.15) is 329 Å². The lowest BCUT2D eigenvalue weighted by molar-refractivity contribution is -0.167. The summed E-state index contributed by atoms with van der Waals surface area (Å²) in [7, 11) is 0. The highest BCUT2D eigenvalue weighted by Crippen LogP contribution is 2.17. The van der Waals surface area contributed by atoms with Crippen LogP contribution in [0.25, 0.3) is 0 Å². The van der Waals surface area contributed by atoms with Crippen LogP contribution in [-0.2, 0) is 28.6 Å². The van der Waals surface area contributed by atoms with Crippen molar-refractivity contribution in [3.05, 3.63) is 97.2 Å².